The van der Waals surface area contributed by atoms with Crippen LogP contribution in [0.1, 0.15) is 13.3 Å². The molecule has 0 fully saturated rings. The number of nitrogens with zero attached hydrogens (tertiary/aromatic N) is 3. The summed E-state index contributed by atoms with van der Waals surface area (Å²) in [5.41, 5.74) is 2.85. The lowest BCUT2D eigenvalue weighted by Gasteiger charge is -2.08. The second kappa shape index (κ2) is 5.72. The molecular formula is C19H17N3O. The van der Waals surface area contributed by atoms with Crippen molar-refractivity contribution >= 4 is 21.8 Å². The topological polar surface area (TPSA) is 39.9 Å². The van der Waals surface area contributed by atoms with Gasteiger partial charge >= 0.3 is 0 Å². The summed E-state index contributed by atoms with van der Waals surface area (Å²) in [7, 11) is 0. The summed E-state index contributed by atoms with van der Waals surface area (Å²) in [4.78, 5) is 4.55. The van der Waals surface area contributed by atoms with Gasteiger partial charge in [-0.15, -0.1) is 0 Å². The molecule has 0 aliphatic rings. The van der Waals surface area contributed by atoms with E-state index in [0.717, 1.165) is 39.8 Å². The number of para-hydroxylation sites is 2. The summed E-state index contributed by atoms with van der Waals surface area (Å²) < 4.78 is 7.87. The molecule has 0 bridgehead atoms. The van der Waals surface area contributed by atoms with Crippen LogP contribution in [0, 0.1) is 0 Å². The molecule has 0 aliphatic heterocycles. The molecule has 2 aromatic heterocycles. The van der Waals surface area contributed by atoms with Crippen LogP contribution in [0.15, 0.2) is 60.8 Å². The van der Waals surface area contributed by atoms with Gasteiger partial charge in [0.1, 0.15) is 5.52 Å². The summed E-state index contributed by atoms with van der Waals surface area (Å²) in [6.07, 6.45) is 2.80. The van der Waals surface area contributed by atoms with Gasteiger partial charge in [-0.2, -0.15) is 9.78 Å². The van der Waals surface area contributed by atoms with Gasteiger partial charge < -0.3 is 4.74 Å². The Morgan fingerprint density at radius 3 is 2.57 bits per heavy atom. The van der Waals surface area contributed by atoms with E-state index in [1.807, 2.05) is 59.4 Å². The molecule has 0 aliphatic carbocycles. The van der Waals surface area contributed by atoms with Crippen molar-refractivity contribution in [2.75, 3.05) is 6.61 Å². The monoisotopic (exact) mass is 303 g/mol. The number of hydrogen-bond acceptors (Lipinski definition) is 3. The first-order valence-electron chi connectivity index (χ1n) is 7.83. The van der Waals surface area contributed by atoms with Crippen LogP contribution in [0.5, 0.6) is 5.88 Å². The fourth-order valence-corrected chi connectivity index (χ4v) is 2.73. The van der Waals surface area contributed by atoms with Gasteiger partial charge in [0, 0.05) is 11.6 Å². The smallest absolute Gasteiger partial charge is 0.226 e. The fraction of sp³-hybridized carbons (Fsp3) is 0.158. The minimum absolute atomic E-state index is 0.653. The largest absolute Gasteiger partial charge is 0.477 e. The summed E-state index contributed by atoms with van der Waals surface area (Å²) in [5, 5.41) is 6.80. The molecule has 4 rings (SSSR count). The highest BCUT2D eigenvalue weighted by Gasteiger charge is 2.16. The second-order valence-corrected chi connectivity index (χ2v) is 5.44. The van der Waals surface area contributed by atoms with E-state index < -0.39 is 0 Å². The van der Waals surface area contributed by atoms with Crippen molar-refractivity contribution in [1.82, 2.24) is 14.8 Å². The van der Waals surface area contributed by atoms with Crippen molar-refractivity contribution in [2.24, 2.45) is 0 Å². The van der Waals surface area contributed by atoms with Crippen LogP contribution in [0.3, 0.4) is 0 Å². The van der Waals surface area contributed by atoms with Crippen LogP contribution in [-0.4, -0.2) is 21.4 Å². The summed E-state index contributed by atoms with van der Waals surface area (Å²) in [5.74, 6) is 0.756. The van der Waals surface area contributed by atoms with E-state index in [0.29, 0.717) is 6.61 Å². The van der Waals surface area contributed by atoms with Crippen LogP contribution in [0.25, 0.3) is 27.5 Å². The number of aromatic nitrogens is 3. The minimum Gasteiger partial charge on any atom is -0.477 e. The zero-order chi connectivity index (χ0) is 15.6. The molecule has 0 atom stereocenters. The minimum atomic E-state index is 0.653. The zero-order valence-electron chi connectivity index (χ0n) is 12.9. The first-order valence-corrected chi connectivity index (χ1v) is 7.83. The zero-order valence-corrected chi connectivity index (χ0v) is 12.9. The predicted octanol–water partition coefficient (Wildman–Crippen LogP) is 4.36. The van der Waals surface area contributed by atoms with Gasteiger partial charge in [0.05, 0.1) is 23.2 Å². The predicted molar refractivity (Wildman–Crippen MR) is 92.2 cm³/mol. The van der Waals surface area contributed by atoms with Crippen molar-refractivity contribution in [3.8, 4) is 11.6 Å². The van der Waals surface area contributed by atoms with E-state index >= 15 is 0 Å². The highest BCUT2D eigenvalue weighted by Crippen LogP contribution is 2.32. The van der Waals surface area contributed by atoms with Crippen LogP contribution >= 0.6 is 0 Å². The number of hydrogen-bond donors (Lipinski definition) is 0. The molecule has 2 aromatic carbocycles. The lowest BCUT2D eigenvalue weighted by molar-refractivity contribution is 0.299. The number of ether oxygens (including phenoxy) is 1. The fourth-order valence-electron chi connectivity index (χ4n) is 2.73. The SMILES string of the molecule is CCCOc1c2cnc3ccccc3c2nn1-c1ccccc1. The van der Waals surface area contributed by atoms with Crippen molar-refractivity contribution in [1.29, 1.82) is 0 Å². The Kier molecular flexibility index (Phi) is 3.42. The highest BCUT2D eigenvalue weighted by molar-refractivity contribution is 6.05. The van der Waals surface area contributed by atoms with E-state index in [1.165, 1.54) is 0 Å². The molecule has 0 amide bonds. The maximum Gasteiger partial charge on any atom is 0.226 e. The van der Waals surface area contributed by atoms with Crippen molar-refractivity contribution in [3.05, 3.63) is 60.8 Å². The Labute approximate surface area is 134 Å². The quantitative estimate of drug-likeness (QED) is 0.562. The average molecular weight is 303 g/mol. The van der Waals surface area contributed by atoms with E-state index in [2.05, 4.69) is 18.0 Å². The number of benzene rings is 2. The van der Waals surface area contributed by atoms with Crippen molar-refractivity contribution in [2.45, 2.75) is 13.3 Å². The molecule has 4 aromatic rings. The molecule has 0 radical (unpaired) electrons. The molecule has 4 nitrogen and oxygen atoms in total. The number of fused-ring (bicyclic) bond motifs is 3. The van der Waals surface area contributed by atoms with Gasteiger partial charge in [-0.1, -0.05) is 43.3 Å². The first kappa shape index (κ1) is 13.8. The summed E-state index contributed by atoms with van der Waals surface area (Å²) >= 11 is 0. The second-order valence-electron chi connectivity index (χ2n) is 5.44. The molecule has 114 valence electrons. The van der Waals surface area contributed by atoms with Gasteiger partial charge in [-0.05, 0) is 24.6 Å². The molecule has 4 heteroatoms. The Hall–Kier alpha value is -2.88. The lowest BCUT2D eigenvalue weighted by atomic mass is 10.2. The van der Waals surface area contributed by atoms with Gasteiger partial charge in [-0.3, -0.25) is 4.98 Å². The Bertz CT molecular complexity index is 960. The molecule has 0 spiro atoms. The van der Waals surface area contributed by atoms with Gasteiger partial charge in [-0.25, -0.2) is 0 Å². The summed E-state index contributed by atoms with van der Waals surface area (Å²) in [6.45, 7) is 2.75. The molecule has 0 saturated heterocycles. The van der Waals surface area contributed by atoms with E-state index in [1.54, 1.807) is 0 Å². The van der Waals surface area contributed by atoms with Crippen LogP contribution in [0.2, 0.25) is 0 Å². The average Bonchev–Trinajstić information content (AvgIpc) is 2.99. The van der Waals surface area contributed by atoms with Crippen molar-refractivity contribution in [3.63, 3.8) is 0 Å². The van der Waals surface area contributed by atoms with Gasteiger partial charge in [0.15, 0.2) is 0 Å². The van der Waals surface area contributed by atoms with E-state index in [-0.39, 0.29) is 0 Å². The van der Waals surface area contributed by atoms with Crippen molar-refractivity contribution < 1.29 is 4.74 Å². The van der Waals surface area contributed by atoms with Gasteiger partial charge in [0.2, 0.25) is 5.88 Å². The highest BCUT2D eigenvalue weighted by atomic mass is 16.5. The molecule has 0 N–H and O–H groups in total. The van der Waals surface area contributed by atoms with E-state index in [9.17, 15) is 0 Å². The molecule has 0 unspecified atom stereocenters. The Morgan fingerprint density at radius 2 is 1.74 bits per heavy atom. The molecular weight excluding hydrogens is 286 g/mol. The normalized spacial score (nSPS) is 11.2. The summed E-state index contributed by atoms with van der Waals surface area (Å²) in [6, 6.07) is 18.1. The third-order valence-electron chi connectivity index (χ3n) is 3.81. The van der Waals surface area contributed by atoms with E-state index in [4.69, 9.17) is 9.84 Å². The molecule has 23 heavy (non-hydrogen) atoms. The molecule has 0 saturated carbocycles. The molecule has 2 heterocycles. The van der Waals surface area contributed by atoms with Crippen LogP contribution in [0.4, 0.5) is 0 Å². The standard InChI is InChI=1S/C19H17N3O/c1-2-12-23-19-16-13-20-17-11-7-6-10-15(17)18(16)21-22(19)14-8-4-3-5-9-14/h3-11,13H,2,12H2,1H3. The number of rotatable bonds is 4. The Morgan fingerprint density at radius 1 is 0.957 bits per heavy atom. The number of pyridine rings is 1. The lowest BCUT2D eigenvalue weighted by Crippen LogP contribution is -2.03. The first-order chi connectivity index (χ1) is 11.4. The Balaban J connectivity index is 2.02. The maximum atomic E-state index is 6.00. The van der Waals surface area contributed by atoms with Crippen LogP contribution < -0.4 is 4.74 Å². The van der Waals surface area contributed by atoms with Gasteiger partial charge in [0.25, 0.3) is 0 Å². The maximum absolute atomic E-state index is 6.00. The third kappa shape index (κ3) is 2.32. The third-order valence-corrected chi connectivity index (χ3v) is 3.81. The van der Waals surface area contributed by atoms with Crippen LogP contribution in [-0.2, 0) is 0 Å².